The maximum absolute atomic E-state index is 10.00. The number of unbranched alkanes of at least 4 members (excludes halogenated alkanes) is 1. The normalized spacial score (nSPS) is 13.8. The minimum atomic E-state index is -2.51. The Morgan fingerprint density at radius 1 is 0.786 bits per heavy atom. The van der Waals surface area contributed by atoms with E-state index in [9.17, 15) is 5.11 Å². The quantitative estimate of drug-likeness (QED) is 0.219. The van der Waals surface area contributed by atoms with Gasteiger partial charge in [0.05, 0.1) is 12.7 Å². The standard InChI is InChI=1S/C18H43NO7Si2/c1-21-27(6,22-2)15-9-13-19-12-8-7-11-18(20)17-26-14-10-16-28(23-3,24-4)25-5/h18-20H,7-17H2,1-6H3. The Bertz CT molecular complexity index is 351. The topological polar surface area (TPSA) is 87.6 Å². The molecule has 170 valence electrons. The number of ether oxygens (including phenoxy) is 1. The van der Waals surface area contributed by atoms with Crippen molar-refractivity contribution in [1.82, 2.24) is 5.32 Å². The van der Waals surface area contributed by atoms with Crippen molar-refractivity contribution in [3.8, 4) is 0 Å². The molecule has 0 aliphatic heterocycles. The van der Waals surface area contributed by atoms with Crippen LogP contribution in [0.4, 0.5) is 0 Å². The van der Waals surface area contributed by atoms with Gasteiger partial charge in [-0.1, -0.05) is 0 Å². The van der Waals surface area contributed by atoms with Crippen LogP contribution in [0.1, 0.15) is 32.1 Å². The highest BCUT2D eigenvalue weighted by Gasteiger charge is 2.36. The number of rotatable bonds is 20. The molecule has 0 aromatic rings. The van der Waals surface area contributed by atoms with Crippen LogP contribution >= 0.6 is 0 Å². The van der Waals surface area contributed by atoms with E-state index >= 15 is 0 Å². The Labute approximate surface area is 173 Å². The van der Waals surface area contributed by atoms with E-state index < -0.39 is 23.5 Å². The maximum Gasteiger partial charge on any atom is 0.500 e. The van der Waals surface area contributed by atoms with Crippen LogP contribution < -0.4 is 5.32 Å². The fourth-order valence-corrected chi connectivity index (χ4v) is 5.91. The second-order valence-corrected chi connectivity index (χ2v) is 13.7. The molecule has 8 nitrogen and oxygen atoms in total. The molecule has 0 aliphatic rings. The summed E-state index contributed by atoms with van der Waals surface area (Å²) in [7, 11) is 3.84. The highest BCUT2D eigenvalue weighted by molar-refractivity contribution is 6.65. The van der Waals surface area contributed by atoms with E-state index in [0.29, 0.717) is 19.3 Å². The number of hydrogen-bond donors (Lipinski definition) is 2. The molecule has 0 rings (SSSR count). The van der Waals surface area contributed by atoms with Gasteiger partial charge < -0.3 is 37.3 Å². The van der Waals surface area contributed by atoms with Crippen LogP contribution in [0.5, 0.6) is 0 Å². The van der Waals surface area contributed by atoms with Gasteiger partial charge in [0.25, 0.3) is 0 Å². The minimum absolute atomic E-state index is 0.367. The van der Waals surface area contributed by atoms with Gasteiger partial charge in [-0.2, -0.15) is 0 Å². The third-order valence-corrected chi connectivity index (χ3v) is 10.8. The Balaban J connectivity index is 3.55. The van der Waals surface area contributed by atoms with Crippen LogP contribution in [0.25, 0.3) is 0 Å². The minimum Gasteiger partial charge on any atom is -0.398 e. The third kappa shape index (κ3) is 12.6. The van der Waals surface area contributed by atoms with Crippen LogP contribution in [0, 0.1) is 0 Å². The first kappa shape index (κ1) is 28.1. The van der Waals surface area contributed by atoms with Crippen LogP contribution in [-0.4, -0.2) is 90.4 Å². The summed E-state index contributed by atoms with van der Waals surface area (Å²) in [5.74, 6) is 0. The van der Waals surface area contributed by atoms with Crippen molar-refractivity contribution in [2.45, 2.75) is 56.8 Å². The van der Waals surface area contributed by atoms with Gasteiger partial charge in [-0.15, -0.1) is 0 Å². The maximum atomic E-state index is 10.00. The van der Waals surface area contributed by atoms with Gasteiger partial charge in [-0.25, -0.2) is 0 Å². The van der Waals surface area contributed by atoms with Crippen molar-refractivity contribution in [3.63, 3.8) is 0 Å². The molecule has 0 aromatic carbocycles. The molecular formula is C18H43NO7Si2. The summed E-state index contributed by atoms with van der Waals surface area (Å²) in [6.45, 7) is 4.95. The summed E-state index contributed by atoms with van der Waals surface area (Å²) in [6, 6.07) is 1.69. The molecule has 0 heterocycles. The lowest BCUT2D eigenvalue weighted by atomic mass is 10.1. The Hall–Kier alpha value is 0.114. The SMILES string of the molecule is CO[Si](C)(CCCNCCCCC(O)COCCC[Si](OC)(OC)OC)OC. The summed E-state index contributed by atoms with van der Waals surface area (Å²) in [4.78, 5) is 0. The zero-order valence-electron chi connectivity index (χ0n) is 18.8. The van der Waals surface area contributed by atoms with Crippen LogP contribution in [0.15, 0.2) is 0 Å². The van der Waals surface area contributed by atoms with Crippen LogP contribution in [0.3, 0.4) is 0 Å². The van der Waals surface area contributed by atoms with Crippen molar-refractivity contribution in [2.75, 3.05) is 61.9 Å². The molecule has 0 spiro atoms. The Kier molecular flexibility index (Phi) is 16.9. The first-order valence-corrected chi connectivity index (χ1v) is 14.6. The van der Waals surface area contributed by atoms with E-state index in [4.69, 9.17) is 26.9 Å². The molecule has 10 heteroatoms. The Morgan fingerprint density at radius 3 is 1.96 bits per heavy atom. The van der Waals surface area contributed by atoms with Gasteiger partial charge in [0.2, 0.25) is 0 Å². The summed E-state index contributed by atoms with van der Waals surface area (Å²) < 4.78 is 32.6. The molecule has 0 amide bonds. The van der Waals surface area contributed by atoms with E-state index in [1.807, 2.05) is 0 Å². The van der Waals surface area contributed by atoms with Crippen molar-refractivity contribution in [2.24, 2.45) is 0 Å². The van der Waals surface area contributed by atoms with E-state index in [0.717, 1.165) is 51.2 Å². The third-order valence-electron chi connectivity index (χ3n) is 5.00. The molecule has 1 unspecified atom stereocenters. The monoisotopic (exact) mass is 441 g/mol. The average Bonchev–Trinajstić information content (AvgIpc) is 2.72. The fraction of sp³-hybridized carbons (Fsp3) is 1.00. The van der Waals surface area contributed by atoms with Gasteiger partial charge in [-0.05, 0) is 57.8 Å². The molecule has 1 atom stereocenters. The molecule has 0 saturated heterocycles. The number of aliphatic hydroxyl groups excluding tert-OH is 1. The predicted octanol–water partition coefficient (Wildman–Crippen LogP) is 2.15. The van der Waals surface area contributed by atoms with Crippen molar-refractivity contribution >= 4 is 17.4 Å². The predicted molar refractivity (Wildman–Crippen MR) is 115 cm³/mol. The van der Waals surface area contributed by atoms with Gasteiger partial charge in [0, 0.05) is 48.2 Å². The van der Waals surface area contributed by atoms with E-state index in [2.05, 4.69) is 11.9 Å². The lowest BCUT2D eigenvalue weighted by Crippen LogP contribution is -2.42. The van der Waals surface area contributed by atoms with Gasteiger partial charge in [0.1, 0.15) is 0 Å². The van der Waals surface area contributed by atoms with E-state index in [1.54, 1.807) is 35.5 Å². The second kappa shape index (κ2) is 16.9. The molecule has 0 fully saturated rings. The summed E-state index contributed by atoms with van der Waals surface area (Å²) in [5.41, 5.74) is 0. The molecule has 0 radical (unpaired) electrons. The Morgan fingerprint density at radius 2 is 1.39 bits per heavy atom. The zero-order chi connectivity index (χ0) is 21.3. The lowest BCUT2D eigenvalue weighted by Gasteiger charge is -2.24. The molecule has 2 N–H and O–H groups in total. The van der Waals surface area contributed by atoms with Crippen LogP contribution in [-0.2, 0) is 26.9 Å². The lowest BCUT2D eigenvalue weighted by molar-refractivity contribution is 0.0297. The molecule has 0 bridgehead atoms. The van der Waals surface area contributed by atoms with E-state index in [-0.39, 0.29) is 0 Å². The van der Waals surface area contributed by atoms with Crippen molar-refractivity contribution in [1.29, 1.82) is 0 Å². The van der Waals surface area contributed by atoms with Gasteiger partial charge in [-0.3, -0.25) is 0 Å². The van der Waals surface area contributed by atoms with Crippen molar-refractivity contribution < 1.29 is 32.0 Å². The zero-order valence-corrected chi connectivity index (χ0v) is 20.8. The molecule has 28 heavy (non-hydrogen) atoms. The average molecular weight is 442 g/mol. The fourth-order valence-electron chi connectivity index (χ4n) is 2.83. The number of nitrogens with one attached hydrogen (secondary N) is 1. The highest BCUT2D eigenvalue weighted by Crippen LogP contribution is 2.15. The van der Waals surface area contributed by atoms with Gasteiger partial charge in [0.15, 0.2) is 0 Å². The summed E-state index contributed by atoms with van der Waals surface area (Å²) in [5, 5.41) is 13.4. The molecule has 0 saturated carbocycles. The molecule has 0 aliphatic carbocycles. The summed E-state index contributed by atoms with van der Waals surface area (Å²) in [6.07, 6.45) is 4.21. The number of hydrogen-bond acceptors (Lipinski definition) is 8. The first-order valence-electron chi connectivity index (χ1n) is 10.1. The van der Waals surface area contributed by atoms with Gasteiger partial charge >= 0.3 is 17.4 Å². The molecular weight excluding hydrogens is 398 g/mol. The summed E-state index contributed by atoms with van der Waals surface area (Å²) >= 11 is 0. The second-order valence-electron chi connectivity index (χ2n) is 7.02. The van der Waals surface area contributed by atoms with Crippen molar-refractivity contribution in [3.05, 3.63) is 0 Å². The van der Waals surface area contributed by atoms with E-state index in [1.165, 1.54) is 0 Å². The number of aliphatic hydroxyl groups is 1. The highest BCUT2D eigenvalue weighted by atomic mass is 28.4. The van der Waals surface area contributed by atoms with Crippen LogP contribution in [0.2, 0.25) is 18.6 Å². The smallest absolute Gasteiger partial charge is 0.398 e. The largest absolute Gasteiger partial charge is 0.500 e. The molecule has 0 aromatic heterocycles. The first-order chi connectivity index (χ1) is 13.4.